The molecular formula is C18H23NOS. The molecule has 0 spiro atoms. The van der Waals surface area contributed by atoms with E-state index in [1.54, 1.807) is 7.11 Å². The van der Waals surface area contributed by atoms with Crippen LogP contribution >= 0.6 is 11.8 Å². The second-order valence-corrected chi connectivity index (χ2v) is 6.28. The van der Waals surface area contributed by atoms with Gasteiger partial charge < -0.3 is 10.1 Å². The lowest BCUT2D eigenvalue weighted by molar-refractivity contribution is 0.414. The van der Waals surface area contributed by atoms with Crippen molar-refractivity contribution < 1.29 is 4.74 Å². The molecule has 0 aromatic heterocycles. The van der Waals surface area contributed by atoms with E-state index in [1.165, 1.54) is 21.6 Å². The van der Waals surface area contributed by atoms with Gasteiger partial charge in [0.15, 0.2) is 0 Å². The Labute approximate surface area is 131 Å². The van der Waals surface area contributed by atoms with Crippen LogP contribution in [0.5, 0.6) is 5.75 Å². The van der Waals surface area contributed by atoms with Crippen molar-refractivity contribution in [3.05, 3.63) is 59.2 Å². The first-order valence-corrected chi connectivity index (χ1v) is 8.14. The van der Waals surface area contributed by atoms with Gasteiger partial charge in [0.2, 0.25) is 0 Å². The topological polar surface area (TPSA) is 21.3 Å². The van der Waals surface area contributed by atoms with Gasteiger partial charge in [-0.1, -0.05) is 23.8 Å². The van der Waals surface area contributed by atoms with Crippen LogP contribution in [0.2, 0.25) is 0 Å². The Hall–Kier alpha value is -1.45. The van der Waals surface area contributed by atoms with E-state index in [1.807, 2.05) is 30.9 Å². The van der Waals surface area contributed by atoms with E-state index in [4.69, 9.17) is 4.74 Å². The SMILES string of the molecule is CNC(CSc1ccc(OC)cc1)c1ccc(C)cc1C. The lowest BCUT2D eigenvalue weighted by Gasteiger charge is -2.19. The maximum Gasteiger partial charge on any atom is 0.118 e. The van der Waals surface area contributed by atoms with Crippen LogP contribution < -0.4 is 10.1 Å². The monoisotopic (exact) mass is 301 g/mol. The zero-order chi connectivity index (χ0) is 15.2. The third-order valence-corrected chi connectivity index (χ3v) is 4.73. The van der Waals surface area contributed by atoms with Crippen molar-refractivity contribution in [1.82, 2.24) is 5.32 Å². The number of hydrogen-bond donors (Lipinski definition) is 1. The molecule has 2 aromatic rings. The summed E-state index contributed by atoms with van der Waals surface area (Å²) in [5.74, 6) is 1.91. The van der Waals surface area contributed by atoms with Gasteiger partial charge in [-0.3, -0.25) is 0 Å². The highest BCUT2D eigenvalue weighted by Gasteiger charge is 2.12. The smallest absolute Gasteiger partial charge is 0.118 e. The summed E-state index contributed by atoms with van der Waals surface area (Å²) in [5, 5.41) is 3.43. The first-order chi connectivity index (χ1) is 10.1. The molecule has 2 nitrogen and oxygen atoms in total. The lowest BCUT2D eigenvalue weighted by Crippen LogP contribution is -2.19. The van der Waals surface area contributed by atoms with E-state index in [-0.39, 0.29) is 0 Å². The lowest BCUT2D eigenvalue weighted by atomic mass is 10.0. The first-order valence-electron chi connectivity index (χ1n) is 7.15. The van der Waals surface area contributed by atoms with E-state index in [0.717, 1.165) is 11.5 Å². The molecule has 0 amide bonds. The van der Waals surface area contributed by atoms with Gasteiger partial charge in [0.25, 0.3) is 0 Å². The molecule has 0 bridgehead atoms. The average Bonchev–Trinajstić information content (AvgIpc) is 2.50. The predicted octanol–water partition coefficient (Wildman–Crippen LogP) is 4.36. The van der Waals surface area contributed by atoms with Crippen LogP contribution in [-0.4, -0.2) is 19.9 Å². The van der Waals surface area contributed by atoms with Crippen LogP contribution in [-0.2, 0) is 0 Å². The largest absolute Gasteiger partial charge is 0.497 e. The molecule has 2 aromatic carbocycles. The summed E-state index contributed by atoms with van der Waals surface area (Å²) in [5.41, 5.74) is 4.04. The van der Waals surface area contributed by atoms with Gasteiger partial charge in [0.05, 0.1) is 7.11 Å². The summed E-state index contributed by atoms with van der Waals surface area (Å²) >= 11 is 1.86. The minimum absolute atomic E-state index is 0.359. The minimum Gasteiger partial charge on any atom is -0.497 e. The number of ether oxygens (including phenoxy) is 1. The number of hydrogen-bond acceptors (Lipinski definition) is 3. The van der Waals surface area contributed by atoms with Gasteiger partial charge >= 0.3 is 0 Å². The molecule has 0 saturated heterocycles. The Balaban J connectivity index is 2.04. The summed E-state index contributed by atoms with van der Waals surface area (Å²) < 4.78 is 5.19. The molecule has 3 heteroatoms. The summed E-state index contributed by atoms with van der Waals surface area (Å²) in [6.07, 6.45) is 0. The molecule has 0 heterocycles. The zero-order valence-electron chi connectivity index (χ0n) is 13.1. The number of methoxy groups -OCH3 is 1. The summed E-state index contributed by atoms with van der Waals surface area (Å²) in [6.45, 7) is 4.32. The number of benzene rings is 2. The molecule has 0 fully saturated rings. The van der Waals surface area contributed by atoms with Crippen molar-refractivity contribution in [2.24, 2.45) is 0 Å². The van der Waals surface area contributed by atoms with Gasteiger partial charge in [-0.15, -0.1) is 11.8 Å². The Kier molecular flexibility index (Phi) is 5.71. The highest BCUT2D eigenvalue weighted by molar-refractivity contribution is 7.99. The molecule has 0 aliphatic heterocycles. The third-order valence-electron chi connectivity index (χ3n) is 3.63. The second kappa shape index (κ2) is 7.53. The fourth-order valence-corrected chi connectivity index (χ4v) is 3.43. The molecule has 1 N–H and O–H groups in total. The van der Waals surface area contributed by atoms with E-state index in [2.05, 4.69) is 49.5 Å². The van der Waals surface area contributed by atoms with Crippen LogP contribution in [0.15, 0.2) is 47.4 Å². The van der Waals surface area contributed by atoms with E-state index in [0.29, 0.717) is 6.04 Å². The van der Waals surface area contributed by atoms with Crippen molar-refractivity contribution >= 4 is 11.8 Å². The normalized spacial score (nSPS) is 12.2. The third kappa shape index (κ3) is 4.26. The van der Waals surface area contributed by atoms with Gasteiger partial charge in [0, 0.05) is 16.7 Å². The number of rotatable bonds is 6. The predicted molar refractivity (Wildman–Crippen MR) is 91.4 cm³/mol. The highest BCUT2D eigenvalue weighted by atomic mass is 32.2. The van der Waals surface area contributed by atoms with Crippen LogP contribution in [0.1, 0.15) is 22.7 Å². The van der Waals surface area contributed by atoms with Crippen molar-refractivity contribution in [3.8, 4) is 5.75 Å². The Morgan fingerprint density at radius 2 is 1.81 bits per heavy atom. The molecular weight excluding hydrogens is 278 g/mol. The van der Waals surface area contributed by atoms with Crippen LogP contribution in [0.4, 0.5) is 0 Å². The van der Waals surface area contributed by atoms with Crippen molar-refractivity contribution in [3.63, 3.8) is 0 Å². The van der Waals surface area contributed by atoms with Crippen LogP contribution in [0, 0.1) is 13.8 Å². The van der Waals surface area contributed by atoms with Crippen molar-refractivity contribution in [1.29, 1.82) is 0 Å². The summed E-state index contributed by atoms with van der Waals surface area (Å²) in [7, 11) is 3.72. The molecule has 2 rings (SSSR count). The van der Waals surface area contributed by atoms with Gasteiger partial charge in [-0.2, -0.15) is 0 Å². The van der Waals surface area contributed by atoms with E-state index < -0.39 is 0 Å². The van der Waals surface area contributed by atoms with E-state index >= 15 is 0 Å². The summed E-state index contributed by atoms with van der Waals surface area (Å²) in [6, 6.07) is 15.3. The molecule has 0 aliphatic rings. The standard InChI is InChI=1S/C18H23NOS/c1-13-5-10-17(14(2)11-13)18(19-3)12-21-16-8-6-15(20-4)7-9-16/h5-11,18-19H,12H2,1-4H3. The Morgan fingerprint density at radius 1 is 1.10 bits per heavy atom. The fourth-order valence-electron chi connectivity index (χ4n) is 2.40. The molecule has 21 heavy (non-hydrogen) atoms. The summed E-state index contributed by atoms with van der Waals surface area (Å²) in [4.78, 5) is 1.26. The van der Waals surface area contributed by atoms with Crippen LogP contribution in [0.3, 0.4) is 0 Å². The zero-order valence-corrected chi connectivity index (χ0v) is 14.0. The number of thioether (sulfide) groups is 1. The molecule has 1 atom stereocenters. The number of aryl methyl sites for hydroxylation is 2. The average molecular weight is 301 g/mol. The van der Waals surface area contributed by atoms with Gasteiger partial charge in [-0.25, -0.2) is 0 Å². The molecule has 0 aliphatic carbocycles. The van der Waals surface area contributed by atoms with Crippen molar-refractivity contribution in [2.75, 3.05) is 19.9 Å². The van der Waals surface area contributed by atoms with Crippen LogP contribution in [0.25, 0.3) is 0 Å². The maximum atomic E-state index is 5.19. The Morgan fingerprint density at radius 3 is 2.38 bits per heavy atom. The fraction of sp³-hybridized carbons (Fsp3) is 0.333. The molecule has 0 radical (unpaired) electrons. The quantitative estimate of drug-likeness (QED) is 0.801. The van der Waals surface area contributed by atoms with Gasteiger partial charge in [0.1, 0.15) is 5.75 Å². The maximum absolute atomic E-state index is 5.19. The van der Waals surface area contributed by atoms with Crippen molar-refractivity contribution in [2.45, 2.75) is 24.8 Å². The van der Waals surface area contributed by atoms with Gasteiger partial charge in [-0.05, 0) is 56.3 Å². The van der Waals surface area contributed by atoms with E-state index in [9.17, 15) is 0 Å². The minimum atomic E-state index is 0.359. The molecule has 112 valence electrons. The number of nitrogens with one attached hydrogen (secondary N) is 1. The highest BCUT2D eigenvalue weighted by Crippen LogP contribution is 2.27. The Bertz CT molecular complexity index is 580. The molecule has 1 unspecified atom stereocenters. The first kappa shape index (κ1) is 15.9. The second-order valence-electron chi connectivity index (χ2n) is 5.19. The molecule has 0 saturated carbocycles.